The molecule has 0 spiro atoms. The van der Waals surface area contributed by atoms with E-state index in [9.17, 15) is 9.59 Å². The first-order valence-electron chi connectivity index (χ1n) is 6.37. The maximum absolute atomic E-state index is 11.9. The number of hydrogen-bond donors (Lipinski definition) is 1. The first-order valence-corrected chi connectivity index (χ1v) is 6.37. The van der Waals surface area contributed by atoms with Crippen LogP contribution in [0.4, 0.5) is 0 Å². The number of aromatic nitrogens is 1. The average Bonchev–Trinajstić information content (AvgIpc) is 2.91. The molecule has 1 heterocycles. The molecule has 21 heavy (non-hydrogen) atoms. The molecule has 0 saturated heterocycles. The molecule has 2 aromatic carbocycles. The van der Waals surface area contributed by atoms with E-state index >= 15 is 0 Å². The molecule has 0 radical (unpaired) electrons. The van der Waals surface area contributed by atoms with Crippen molar-refractivity contribution < 1.29 is 19.1 Å². The van der Waals surface area contributed by atoms with Crippen LogP contribution in [-0.4, -0.2) is 31.1 Å². The second kappa shape index (κ2) is 4.94. The SMILES string of the molecule is COC(=O)c1cccc2c1[nH]c1cccc(C(=O)OC)c12. The van der Waals surface area contributed by atoms with Crippen molar-refractivity contribution in [3.8, 4) is 0 Å². The zero-order chi connectivity index (χ0) is 15.0. The van der Waals surface area contributed by atoms with Gasteiger partial charge in [-0.1, -0.05) is 18.2 Å². The Labute approximate surface area is 120 Å². The molecule has 5 nitrogen and oxygen atoms in total. The summed E-state index contributed by atoms with van der Waals surface area (Å²) in [5.74, 6) is -0.836. The number of hydrogen-bond acceptors (Lipinski definition) is 4. The number of carbonyl (C=O) groups excluding carboxylic acids is 2. The third-order valence-corrected chi connectivity index (χ3v) is 3.47. The standard InChI is InChI=1S/C16H13NO4/c1-20-15(18)10-6-4-8-12-13(10)9-5-3-7-11(14(9)17-12)16(19)21-2/h3-8,17H,1-2H3. The van der Waals surface area contributed by atoms with Crippen molar-refractivity contribution in [1.82, 2.24) is 4.98 Å². The lowest BCUT2D eigenvalue weighted by Gasteiger charge is -2.02. The van der Waals surface area contributed by atoms with Gasteiger partial charge < -0.3 is 14.5 Å². The number of fused-ring (bicyclic) bond motifs is 3. The molecule has 0 atom stereocenters. The summed E-state index contributed by atoms with van der Waals surface area (Å²) in [6.45, 7) is 0. The number of benzene rings is 2. The largest absolute Gasteiger partial charge is 0.465 e. The number of para-hydroxylation sites is 1. The number of H-pyrrole nitrogens is 1. The predicted octanol–water partition coefficient (Wildman–Crippen LogP) is 2.89. The summed E-state index contributed by atoms with van der Waals surface area (Å²) in [5.41, 5.74) is 2.31. The van der Waals surface area contributed by atoms with Gasteiger partial charge in [-0.05, 0) is 18.2 Å². The van der Waals surface area contributed by atoms with Crippen molar-refractivity contribution in [3.63, 3.8) is 0 Å². The molecule has 0 aliphatic rings. The Bertz CT molecular complexity index is 863. The van der Waals surface area contributed by atoms with Crippen LogP contribution in [-0.2, 0) is 9.47 Å². The number of aromatic amines is 1. The Morgan fingerprint density at radius 3 is 2.24 bits per heavy atom. The minimum absolute atomic E-state index is 0.412. The predicted molar refractivity (Wildman–Crippen MR) is 78.5 cm³/mol. The maximum atomic E-state index is 11.9. The zero-order valence-electron chi connectivity index (χ0n) is 11.6. The first-order chi connectivity index (χ1) is 10.2. The van der Waals surface area contributed by atoms with Crippen LogP contribution in [0, 0.1) is 0 Å². The highest BCUT2D eigenvalue weighted by molar-refractivity contribution is 6.19. The number of esters is 2. The van der Waals surface area contributed by atoms with Gasteiger partial charge in [-0.15, -0.1) is 0 Å². The van der Waals surface area contributed by atoms with E-state index in [0.717, 1.165) is 16.3 Å². The van der Waals surface area contributed by atoms with Gasteiger partial charge in [0.1, 0.15) is 0 Å². The number of ether oxygens (including phenoxy) is 2. The number of nitrogens with one attached hydrogen (secondary N) is 1. The van der Waals surface area contributed by atoms with Crippen LogP contribution in [0.5, 0.6) is 0 Å². The number of methoxy groups -OCH3 is 2. The van der Waals surface area contributed by atoms with Gasteiger partial charge in [0.05, 0.1) is 30.9 Å². The third-order valence-electron chi connectivity index (χ3n) is 3.47. The molecule has 0 saturated carbocycles. The quantitative estimate of drug-likeness (QED) is 0.734. The first kappa shape index (κ1) is 13.2. The molecule has 3 aromatic rings. The van der Waals surface area contributed by atoms with Gasteiger partial charge in [0.25, 0.3) is 0 Å². The van der Waals surface area contributed by atoms with E-state index in [0.29, 0.717) is 16.6 Å². The van der Waals surface area contributed by atoms with Crippen molar-refractivity contribution >= 4 is 33.7 Å². The second-order valence-electron chi connectivity index (χ2n) is 4.56. The highest BCUT2D eigenvalue weighted by atomic mass is 16.5. The Kier molecular flexibility index (Phi) is 3.10. The Balaban J connectivity index is 2.42. The van der Waals surface area contributed by atoms with Gasteiger partial charge >= 0.3 is 11.9 Å². The summed E-state index contributed by atoms with van der Waals surface area (Å²) in [4.78, 5) is 26.9. The van der Waals surface area contributed by atoms with Gasteiger partial charge in [-0.2, -0.15) is 0 Å². The average molecular weight is 283 g/mol. The summed E-state index contributed by atoms with van der Waals surface area (Å²) in [6.07, 6.45) is 0. The highest BCUT2D eigenvalue weighted by Gasteiger charge is 2.18. The minimum Gasteiger partial charge on any atom is -0.465 e. The van der Waals surface area contributed by atoms with Crippen molar-refractivity contribution in [3.05, 3.63) is 47.5 Å². The normalized spacial score (nSPS) is 10.8. The molecule has 0 unspecified atom stereocenters. The lowest BCUT2D eigenvalue weighted by atomic mass is 10.0. The summed E-state index contributed by atoms with van der Waals surface area (Å²) < 4.78 is 9.61. The van der Waals surface area contributed by atoms with Gasteiger partial charge in [-0.3, -0.25) is 0 Å². The molecule has 0 aliphatic carbocycles. The van der Waals surface area contributed by atoms with E-state index in [4.69, 9.17) is 9.47 Å². The molecule has 106 valence electrons. The fraction of sp³-hybridized carbons (Fsp3) is 0.125. The smallest absolute Gasteiger partial charge is 0.339 e. The van der Waals surface area contributed by atoms with Crippen LogP contribution >= 0.6 is 0 Å². The molecular formula is C16H13NO4. The molecule has 1 N–H and O–H groups in total. The van der Waals surface area contributed by atoms with E-state index in [-0.39, 0.29) is 0 Å². The topological polar surface area (TPSA) is 68.4 Å². The van der Waals surface area contributed by atoms with Crippen LogP contribution in [0.2, 0.25) is 0 Å². The van der Waals surface area contributed by atoms with E-state index in [1.807, 2.05) is 12.1 Å². The molecule has 0 fully saturated rings. The third kappa shape index (κ3) is 1.94. The number of carbonyl (C=O) groups is 2. The molecule has 0 aliphatic heterocycles. The lowest BCUT2D eigenvalue weighted by Crippen LogP contribution is -2.02. The van der Waals surface area contributed by atoms with Crippen molar-refractivity contribution in [2.45, 2.75) is 0 Å². The highest BCUT2D eigenvalue weighted by Crippen LogP contribution is 2.30. The summed E-state index contributed by atoms with van der Waals surface area (Å²) in [6, 6.07) is 10.6. The van der Waals surface area contributed by atoms with Crippen LogP contribution in [0.1, 0.15) is 20.7 Å². The van der Waals surface area contributed by atoms with Gasteiger partial charge in [0.15, 0.2) is 0 Å². The van der Waals surface area contributed by atoms with E-state index in [1.165, 1.54) is 14.2 Å². The fourth-order valence-corrected chi connectivity index (χ4v) is 2.54. The van der Waals surface area contributed by atoms with E-state index in [2.05, 4.69) is 4.98 Å². The van der Waals surface area contributed by atoms with Crippen molar-refractivity contribution in [1.29, 1.82) is 0 Å². The van der Waals surface area contributed by atoms with Crippen LogP contribution < -0.4 is 0 Å². The number of rotatable bonds is 2. The molecule has 5 heteroatoms. The van der Waals surface area contributed by atoms with Crippen molar-refractivity contribution in [2.75, 3.05) is 14.2 Å². The molecular weight excluding hydrogens is 270 g/mol. The summed E-state index contributed by atoms with van der Waals surface area (Å²) in [5, 5.41) is 1.53. The summed E-state index contributed by atoms with van der Waals surface area (Å²) >= 11 is 0. The molecule has 0 bridgehead atoms. The Hall–Kier alpha value is -2.82. The van der Waals surface area contributed by atoms with E-state index in [1.54, 1.807) is 24.3 Å². The second-order valence-corrected chi connectivity index (χ2v) is 4.56. The molecule has 1 aromatic heterocycles. The minimum atomic E-state index is -0.424. The van der Waals surface area contributed by atoms with Crippen LogP contribution in [0.3, 0.4) is 0 Å². The maximum Gasteiger partial charge on any atom is 0.339 e. The molecule has 0 amide bonds. The Morgan fingerprint density at radius 1 is 0.905 bits per heavy atom. The summed E-state index contributed by atoms with van der Waals surface area (Å²) in [7, 11) is 2.68. The van der Waals surface area contributed by atoms with Gasteiger partial charge in [-0.25, -0.2) is 9.59 Å². The zero-order valence-corrected chi connectivity index (χ0v) is 11.6. The lowest BCUT2D eigenvalue weighted by molar-refractivity contribution is 0.0594. The molecule has 3 rings (SSSR count). The van der Waals surface area contributed by atoms with E-state index < -0.39 is 11.9 Å². The van der Waals surface area contributed by atoms with Gasteiger partial charge in [0.2, 0.25) is 0 Å². The Morgan fingerprint density at radius 2 is 1.52 bits per heavy atom. The fourth-order valence-electron chi connectivity index (χ4n) is 2.54. The van der Waals surface area contributed by atoms with Crippen LogP contribution in [0.15, 0.2) is 36.4 Å². The van der Waals surface area contributed by atoms with Crippen LogP contribution in [0.25, 0.3) is 21.8 Å². The van der Waals surface area contributed by atoms with Crippen molar-refractivity contribution in [2.24, 2.45) is 0 Å². The monoisotopic (exact) mass is 283 g/mol. The van der Waals surface area contributed by atoms with Gasteiger partial charge in [0, 0.05) is 16.3 Å².